The van der Waals surface area contributed by atoms with Gasteiger partial charge in [0, 0.05) is 5.56 Å². The molecule has 1 unspecified atom stereocenters. The smallest absolute Gasteiger partial charge is 0.377 e. The van der Waals surface area contributed by atoms with E-state index in [0.29, 0.717) is 5.69 Å². The first-order chi connectivity index (χ1) is 12.0. The molecule has 0 aliphatic rings. The van der Waals surface area contributed by atoms with Crippen LogP contribution in [0.3, 0.4) is 0 Å². The van der Waals surface area contributed by atoms with Gasteiger partial charge in [0.1, 0.15) is 0 Å². The summed E-state index contributed by atoms with van der Waals surface area (Å²) >= 11 is 0. The fraction of sp³-hybridized carbons (Fsp3) is 0.211. The van der Waals surface area contributed by atoms with Gasteiger partial charge in [0.15, 0.2) is 5.78 Å². The number of esters is 1. The summed E-state index contributed by atoms with van der Waals surface area (Å²) in [4.78, 5) is 36.7. The predicted octanol–water partition coefficient (Wildman–Crippen LogP) is 3.46. The van der Waals surface area contributed by atoms with E-state index in [0.717, 1.165) is 5.56 Å². The number of ether oxygens (including phenoxy) is 1. The largest absolute Gasteiger partial charge is 0.460 e. The van der Waals surface area contributed by atoms with Gasteiger partial charge in [0.25, 0.3) is 5.78 Å². The van der Waals surface area contributed by atoms with Gasteiger partial charge in [-0.05, 0) is 26.0 Å². The summed E-state index contributed by atoms with van der Waals surface area (Å²) in [6, 6.07) is 13.7. The second-order valence-corrected chi connectivity index (χ2v) is 5.27. The molecule has 0 amide bonds. The SMILES string of the molecule is CCOC(=O)C(=O)C(N=Nc1ccccc1)C(=O)c1ccc(C)cc1. The standard InChI is InChI=1S/C19H18N2O4/c1-3-25-19(24)18(23)16(21-20-15-7-5-4-6-8-15)17(22)14-11-9-13(2)10-12-14/h4-12,16H,3H2,1-2H3. The van der Waals surface area contributed by atoms with Gasteiger partial charge in [-0.25, -0.2) is 4.79 Å². The van der Waals surface area contributed by atoms with Crippen LogP contribution < -0.4 is 0 Å². The molecule has 0 aliphatic heterocycles. The lowest BCUT2D eigenvalue weighted by Gasteiger charge is -2.09. The molecule has 1 atom stereocenters. The number of hydrogen-bond donors (Lipinski definition) is 0. The molecule has 0 spiro atoms. The molecule has 25 heavy (non-hydrogen) atoms. The summed E-state index contributed by atoms with van der Waals surface area (Å²) in [6.07, 6.45) is 0. The van der Waals surface area contributed by atoms with E-state index in [-0.39, 0.29) is 12.2 Å². The summed E-state index contributed by atoms with van der Waals surface area (Å²) in [7, 11) is 0. The summed E-state index contributed by atoms with van der Waals surface area (Å²) < 4.78 is 4.70. The highest BCUT2D eigenvalue weighted by Crippen LogP contribution is 2.15. The summed E-state index contributed by atoms with van der Waals surface area (Å²) in [5.41, 5.74) is 1.72. The molecular formula is C19H18N2O4. The minimum atomic E-state index is -1.57. The molecule has 0 aromatic heterocycles. The maximum Gasteiger partial charge on any atom is 0.377 e. The molecule has 2 rings (SSSR count). The Morgan fingerprint density at radius 1 is 1.00 bits per heavy atom. The molecule has 0 saturated carbocycles. The Hall–Kier alpha value is -3.15. The van der Waals surface area contributed by atoms with Gasteiger partial charge in [0.2, 0.25) is 6.04 Å². The van der Waals surface area contributed by atoms with Crippen molar-refractivity contribution in [2.24, 2.45) is 10.2 Å². The maximum absolute atomic E-state index is 12.6. The number of azo groups is 1. The number of Topliss-reactive ketones (excluding diaryl/α,β-unsaturated/α-hetero) is 2. The second kappa shape index (κ2) is 8.63. The van der Waals surface area contributed by atoms with Crippen molar-refractivity contribution < 1.29 is 19.1 Å². The Morgan fingerprint density at radius 2 is 1.64 bits per heavy atom. The highest BCUT2D eigenvalue weighted by atomic mass is 16.5. The van der Waals surface area contributed by atoms with Crippen molar-refractivity contribution in [3.63, 3.8) is 0 Å². The van der Waals surface area contributed by atoms with Gasteiger partial charge in [-0.1, -0.05) is 48.0 Å². The first-order valence-corrected chi connectivity index (χ1v) is 7.80. The van der Waals surface area contributed by atoms with Gasteiger partial charge in [-0.2, -0.15) is 10.2 Å². The van der Waals surface area contributed by atoms with Crippen molar-refractivity contribution in [3.05, 3.63) is 65.7 Å². The average Bonchev–Trinajstić information content (AvgIpc) is 2.63. The number of rotatable bonds is 7. The molecule has 2 aromatic rings. The van der Waals surface area contributed by atoms with Crippen LogP contribution in [-0.4, -0.2) is 30.2 Å². The number of benzene rings is 2. The molecule has 0 bridgehead atoms. The van der Waals surface area contributed by atoms with Crippen molar-refractivity contribution >= 4 is 23.2 Å². The van der Waals surface area contributed by atoms with Crippen LogP contribution in [0, 0.1) is 6.92 Å². The molecule has 2 aromatic carbocycles. The topological polar surface area (TPSA) is 85.2 Å². The van der Waals surface area contributed by atoms with E-state index in [1.165, 1.54) is 0 Å². The first-order valence-electron chi connectivity index (χ1n) is 7.80. The van der Waals surface area contributed by atoms with Crippen LogP contribution in [0.25, 0.3) is 0 Å². The Balaban J connectivity index is 2.32. The molecule has 0 saturated heterocycles. The lowest BCUT2D eigenvalue weighted by molar-refractivity contribution is -0.153. The van der Waals surface area contributed by atoms with Crippen molar-refractivity contribution in [2.75, 3.05) is 6.61 Å². The zero-order valence-corrected chi connectivity index (χ0v) is 14.0. The van der Waals surface area contributed by atoms with Crippen molar-refractivity contribution in [1.29, 1.82) is 0 Å². The molecular weight excluding hydrogens is 320 g/mol. The van der Waals surface area contributed by atoms with Gasteiger partial charge >= 0.3 is 5.97 Å². The maximum atomic E-state index is 12.6. The Morgan fingerprint density at radius 3 is 2.24 bits per heavy atom. The lowest BCUT2D eigenvalue weighted by atomic mass is 10.0. The summed E-state index contributed by atoms with van der Waals surface area (Å²) in [5.74, 6) is -2.73. The van der Waals surface area contributed by atoms with Gasteiger partial charge < -0.3 is 4.74 Å². The number of carbonyl (C=O) groups is 3. The fourth-order valence-corrected chi connectivity index (χ4v) is 2.03. The molecule has 0 aliphatic carbocycles. The van der Waals surface area contributed by atoms with Crippen LogP contribution in [0.15, 0.2) is 64.8 Å². The predicted molar refractivity (Wildman–Crippen MR) is 91.9 cm³/mol. The van der Waals surface area contributed by atoms with E-state index in [1.54, 1.807) is 61.5 Å². The quantitative estimate of drug-likeness (QED) is 0.254. The number of carbonyl (C=O) groups excluding carboxylic acids is 3. The van der Waals surface area contributed by atoms with E-state index in [2.05, 4.69) is 10.2 Å². The van der Waals surface area contributed by atoms with Crippen molar-refractivity contribution in [1.82, 2.24) is 0 Å². The third kappa shape index (κ3) is 4.91. The van der Waals surface area contributed by atoms with E-state index >= 15 is 0 Å². The Kier molecular flexibility index (Phi) is 6.28. The van der Waals surface area contributed by atoms with E-state index < -0.39 is 23.6 Å². The van der Waals surface area contributed by atoms with Gasteiger partial charge in [-0.3, -0.25) is 9.59 Å². The van der Waals surface area contributed by atoms with Crippen molar-refractivity contribution in [3.8, 4) is 0 Å². The summed E-state index contributed by atoms with van der Waals surface area (Å²) in [6.45, 7) is 3.49. The Labute approximate surface area is 145 Å². The number of hydrogen-bond acceptors (Lipinski definition) is 6. The van der Waals surface area contributed by atoms with E-state index in [1.807, 2.05) is 6.92 Å². The second-order valence-electron chi connectivity index (χ2n) is 5.27. The molecule has 0 radical (unpaired) electrons. The molecule has 0 heterocycles. The number of ketones is 2. The molecule has 0 N–H and O–H groups in total. The zero-order valence-electron chi connectivity index (χ0n) is 14.0. The van der Waals surface area contributed by atoms with Gasteiger partial charge in [0.05, 0.1) is 12.3 Å². The lowest BCUT2D eigenvalue weighted by Crippen LogP contribution is -2.35. The van der Waals surface area contributed by atoms with Crippen LogP contribution in [0.2, 0.25) is 0 Å². The minimum Gasteiger partial charge on any atom is -0.460 e. The van der Waals surface area contributed by atoms with Crippen molar-refractivity contribution in [2.45, 2.75) is 19.9 Å². The van der Waals surface area contributed by atoms with Crippen LogP contribution in [0.1, 0.15) is 22.8 Å². The third-order valence-electron chi connectivity index (χ3n) is 3.35. The molecule has 6 heteroatoms. The summed E-state index contributed by atoms with van der Waals surface area (Å²) in [5, 5.41) is 7.73. The molecule has 0 fully saturated rings. The minimum absolute atomic E-state index is 0.0336. The third-order valence-corrected chi connectivity index (χ3v) is 3.35. The highest BCUT2D eigenvalue weighted by Gasteiger charge is 2.33. The van der Waals surface area contributed by atoms with Crippen LogP contribution in [0.4, 0.5) is 5.69 Å². The van der Waals surface area contributed by atoms with Crippen LogP contribution >= 0.6 is 0 Å². The number of aryl methyl sites for hydroxylation is 1. The molecule has 6 nitrogen and oxygen atoms in total. The van der Waals surface area contributed by atoms with Crippen LogP contribution in [-0.2, 0) is 14.3 Å². The monoisotopic (exact) mass is 338 g/mol. The first kappa shape index (κ1) is 18.2. The number of nitrogens with zero attached hydrogens (tertiary/aromatic N) is 2. The highest BCUT2D eigenvalue weighted by molar-refractivity contribution is 6.41. The van der Waals surface area contributed by atoms with E-state index in [4.69, 9.17) is 4.74 Å². The normalized spacial score (nSPS) is 11.9. The van der Waals surface area contributed by atoms with Gasteiger partial charge in [-0.15, -0.1) is 0 Å². The Bertz CT molecular complexity index is 783. The fourth-order valence-electron chi connectivity index (χ4n) is 2.03. The zero-order chi connectivity index (χ0) is 18.2. The van der Waals surface area contributed by atoms with E-state index in [9.17, 15) is 14.4 Å². The molecule has 128 valence electrons. The average molecular weight is 338 g/mol. The van der Waals surface area contributed by atoms with Crippen LogP contribution in [0.5, 0.6) is 0 Å².